The number of unbranched alkanes of at least 4 members (excludes halogenated alkanes) is 3. The highest BCUT2D eigenvalue weighted by Gasteiger charge is 2.22. The van der Waals surface area contributed by atoms with E-state index in [9.17, 15) is 0 Å². The highest BCUT2D eigenvalue weighted by molar-refractivity contribution is 8.04. The molecule has 0 atom stereocenters. The molecule has 0 saturated heterocycles. The summed E-state index contributed by atoms with van der Waals surface area (Å²) in [6.07, 6.45) is 5.41. The van der Waals surface area contributed by atoms with Gasteiger partial charge in [0.25, 0.3) is 0 Å². The standard InChI is InChI=1S/C13H27NOS2/c1-5-6-7-8-9-16-10-11-17-13(3,4)12(2)14-15/h15H,5-11H2,1-4H3/b14-12+. The Morgan fingerprint density at radius 3 is 2.41 bits per heavy atom. The largest absolute Gasteiger partial charge is 0.411 e. The summed E-state index contributed by atoms with van der Waals surface area (Å²) in [5.41, 5.74) is 0.801. The summed E-state index contributed by atoms with van der Waals surface area (Å²) in [5.74, 6) is 3.60. The van der Waals surface area contributed by atoms with Crippen molar-refractivity contribution >= 4 is 29.2 Å². The number of hydrogen-bond acceptors (Lipinski definition) is 4. The van der Waals surface area contributed by atoms with Crippen molar-refractivity contribution < 1.29 is 5.21 Å². The van der Waals surface area contributed by atoms with Gasteiger partial charge in [0, 0.05) is 11.5 Å². The van der Waals surface area contributed by atoms with Crippen LogP contribution in [0.25, 0.3) is 0 Å². The lowest BCUT2D eigenvalue weighted by molar-refractivity contribution is 0.316. The second-order valence-corrected chi connectivity index (χ2v) is 7.66. The van der Waals surface area contributed by atoms with Gasteiger partial charge in [0.15, 0.2) is 0 Å². The van der Waals surface area contributed by atoms with Crippen molar-refractivity contribution in [1.29, 1.82) is 0 Å². The number of nitrogens with zero attached hydrogens (tertiary/aromatic N) is 1. The molecule has 0 aromatic rings. The first-order valence-corrected chi connectivity index (χ1v) is 8.59. The Balaban J connectivity index is 3.45. The predicted octanol–water partition coefficient (Wildman–Crippen LogP) is 4.66. The predicted molar refractivity (Wildman–Crippen MR) is 82.9 cm³/mol. The van der Waals surface area contributed by atoms with Gasteiger partial charge in [-0.25, -0.2) is 0 Å². The van der Waals surface area contributed by atoms with Crippen LogP contribution in [0.2, 0.25) is 0 Å². The molecule has 2 nitrogen and oxygen atoms in total. The van der Waals surface area contributed by atoms with E-state index in [2.05, 4.69) is 25.9 Å². The first-order valence-electron chi connectivity index (χ1n) is 6.45. The van der Waals surface area contributed by atoms with E-state index >= 15 is 0 Å². The van der Waals surface area contributed by atoms with Crippen LogP contribution in [0.5, 0.6) is 0 Å². The third kappa shape index (κ3) is 8.83. The Kier molecular flexibility index (Phi) is 10.2. The van der Waals surface area contributed by atoms with Crippen molar-refractivity contribution in [3.8, 4) is 0 Å². The van der Waals surface area contributed by atoms with Crippen LogP contribution in [0.1, 0.15) is 53.4 Å². The van der Waals surface area contributed by atoms with Crippen LogP contribution in [0.3, 0.4) is 0 Å². The molecular formula is C13H27NOS2. The normalized spacial score (nSPS) is 13.1. The second kappa shape index (κ2) is 10.1. The van der Waals surface area contributed by atoms with Crippen LogP contribution in [-0.2, 0) is 0 Å². The van der Waals surface area contributed by atoms with E-state index in [1.165, 1.54) is 37.2 Å². The minimum absolute atomic E-state index is 0.0441. The lowest BCUT2D eigenvalue weighted by atomic mass is 10.1. The first kappa shape index (κ1) is 17.2. The van der Waals surface area contributed by atoms with E-state index in [0.717, 1.165) is 11.5 Å². The maximum Gasteiger partial charge on any atom is 0.0694 e. The minimum atomic E-state index is -0.0441. The van der Waals surface area contributed by atoms with E-state index in [0.29, 0.717) is 0 Å². The molecule has 0 fully saturated rings. The SMILES string of the molecule is CCCCCCSCCSC(C)(C)/C(C)=N/O. The molecule has 0 aromatic carbocycles. The van der Waals surface area contributed by atoms with E-state index < -0.39 is 0 Å². The van der Waals surface area contributed by atoms with Crippen molar-refractivity contribution in [3.05, 3.63) is 0 Å². The average Bonchev–Trinajstić information content (AvgIpc) is 2.31. The molecule has 0 aromatic heterocycles. The summed E-state index contributed by atoms with van der Waals surface area (Å²) in [4.78, 5) is 0. The topological polar surface area (TPSA) is 32.6 Å². The van der Waals surface area contributed by atoms with Crippen LogP contribution < -0.4 is 0 Å². The van der Waals surface area contributed by atoms with Crippen molar-refractivity contribution in [2.75, 3.05) is 17.3 Å². The molecule has 0 spiro atoms. The zero-order valence-corrected chi connectivity index (χ0v) is 13.3. The molecule has 1 N–H and O–H groups in total. The van der Waals surface area contributed by atoms with Gasteiger partial charge in [-0.05, 0) is 32.9 Å². The van der Waals surface area contributed by atoms with Crippen LogP contribution in [0.15, 0.2) is 5.16 Å². The summed E-state index contributed by atoms with van der Waals surface area (Å²) in [6, 6.07) is 0. The van der Waals surface area contributed by atoms with Crippen molar-refractivity contribution in [2.24, 2.45) is 5.16 Å². The molecule has 4 heteroatoms. The quantitative estimate of drug-likeness (QED) is 0.273. The van der Waals surface area contributed by atoms with Gasteiger partial charge in [-0.2, -0.15) is 11.8 Å². The average molecular weight is 277 g/mol. The van der Waals surface area contributed by atoms with Gasteiger partial charge >= 0.3 is 0 Å². The monoisotopic (exact) mass is 277 g/mol. The lowest BCUT2D eigenvalue weighted by Gasteiger charge is -2.22. The first-order chi connectivity index (χ1) is 8.04. The van der Waals surface area contributed by atoms with E-state index in [-0.39, 0.29) is 4.75 Å². The van der Waals surface area contributed by atoms with E-state index in [1.54, 1.807) is 0 Å². The highest BCUT2D eigenvalue weighted by Crippen LogP contribution is 2.26. The van der Waals surface area contributed by atoms with Gasteiger partial charge in [-0.15, -0.1) is 11.8 Å². The van der Waals surface area contributed by atoms with Gasteiger partial charge in [0.2, 0.25) is 0 Å². The Bertz CT molecular complexity index is 217. The maximum atomic E-state index is 8.76. The summed E-state index contributed by atoms with van der Waals surface area (Å²) in [6.45, 7) is 8.35. The van der Waals surface area contributed by atoms with E-state index in [1.807, 2.05) is 30.4 Å². The third-order valence-corrected chi connectivity index (χ3v) is 5.61. The zero-order chi connectivity index (χ0) is 13.1. The Hall–Kier alpha value is 0.170. The van der Waals surface area contributed by atoms with Crippen LogP contribution in [0.4, 0.5) is 0 Å². The number of oxime groups is 1. The molecule has 0 radical (unpaired) electrons. The molecule has 0 aliphatic heterocycles. The molecule has 0 aliphatic rings. The summed E-state index contributed by atoms with van der Waals surface area (Å²) in [7, 11) is 0. The molecule has 0 bridgehead atoms. The number of thioether (sulfide) groups is 2. The smallest absolute Gasteiger partial charge is 0.0694 e. The fourth-order valence-electron chi connectivity index (χ4n) is 1.31. The fourth-order valence-corrected chi connectivity index (χ4v) is 3.49. The lowest BCUT2D eigenvalue weighted by Crippen LogP contribution is -2.26. The Morgan fingerprint density at radius 1 is 1.12 bits per heavy atom. The van der Waals surface area contributed by atoms with Gasteiger partial charge in [-0.3, -0.25) is 0 Å². The number of hydrogen-bond donors (Lipinski definition) is 1. The van der Waals surface area contributed by atoms with Crippen molar-refractivity contribution in [1.82, 2.24) is 0 Å². The summed E-state index contributed by atoms with van der Waals surface area (Å²) < 4.78 is -0.0441. The maximum absolute atomic E-state index is 8.76. The molecular weight excluding hydrogens is 250 g/mol. The van der Waals surface area contributed by atoms with Crippen molar-refractivity contribution in [3.63, 3.8) is 0 Å². The summed E-state index contributed by atoms with van der Waals surface area (Å²) in [5, 5.41) is 12.1. The molecule has 0 amide bonds. The van der Waals surface area contributed by atoms with Gasteiger partial charge in [-0.1, -0.05) is 31.3 Å². The molecule has 17 heavy (non-hydrogen) atoms. The van der Waals surface area contributed by atoms with Gasteiger partial charge in [0.05, 0.1) is 10.5 Å². The molecule has 0 aliphatic carbocycles. The Labute approximate surface area is 115 Å². The third-order valence-electron chi connectivity index (χ3n) is 2.85. The van der Waals surface area contributed by atoms with Gasteiger partial charge < -0.3 is 5.21 Å². The highest BCUT2D eigenvalue weighted by atomic mass is 32.2. The van der Waals surface area contributed by atoms with E-state index in [4.69, 9.17) is 5.21 Å². The molecule has 102 valence electrons. The van der Waals surface area contributed by atoms with Crippen LogP contribution >= 0.6 is 23.5 Å². The molecule has 0 saturated carbocycles. The second-order valence-electron chi connectivity index (χ2n) is 4.72. The minimum Gasteiger partial charge on any atom is -0.411 e. The molecule has 0 rings (SSSR count). The molecule has 0 unspecified atom stereocenters. The molecule has 0 heterocycles. The van der Waals surface area contributed by atoms with Gasteiger partial charge in [0.1, 0.15) is 0 Å². The van der Waals surface area contributed by atoms with Crippen molar-refractivity contribution in [2.45, 2.75) is 58.1 Å². The summed E-state index contributed by atoms with van der Waals surface area (Å²) >= 11 is 3.91. The number of rotatable bonds is 10. The van der Waals surface area contributed by atoms with Crippen LogP contribution in [-0.4, -0.2) is 32.9 Å². The zero-order valence-electron chi connectivity index (χ0n) is 11.7. The fraction of sp³-hybridized carbons (Fsp3) is 0.923. The Morgan fingerprint density at radius 2 is 1.82 bits per heavy atom. The van der Waals surface area contributed by atoms with Crippen LogP contribution in [0, 0.1) is 0 Å².